The van der Waals surface area contributed by atoms with E-state index in [1.165, 1.54) is 16.9 Å². The van der Waals surface area contributed by atoms with Gasteiger partial charge in [-0.1, -0.05) is 30.3 Å². The van der Waals surface area contributed by atoms with Crippen molar-refractivity contribution in [2.75, 3.05) is 6.54 Å². The molecule has 0 aliphatic heterocycles. The van der Waals surface area contributed by atoms with Gasteiger partial charge in [0.1, 0.15) is 6.54 Å². The lowest BCUT2D eigenvalue weighted by molar-refractivity contribution is -0.389. The maximum absolute atomic E-state index is 11.7. The molecule has 0 aliphatic carbocycles. The van der Waals surface area contributed by atoms with Crippen LogP contribution in [0.2, 0.25) is 0 Å². The second kappa shape index (κ2) is 7.32. The molecule has 1 atom stereocenters. The molecule has 0 fully saturated rings. The molecule has 8 nitrogen and oxygen atoms in total. The van der Waals surface area contributed by atoms with E-state index >= 15 is 0 Å². The second-order valence-corrected chi connectivity index (χ2v) is 4.69. The van der Waals surface area contributed by atoms with Crippen LogP contribution in [0.5, 0.6) is 0 Å². The average molecular weight is 304 g/mol. The van der Waals surface area contributed by atoms with Crippen molar-refractivity contribution in [1.82, 2.24) is 15.1 Å². The first kappa shape index (κ1) is 15.6. The predicted octanol–water partition coefficient (Wildman–Crippen LogP) is 1.03. The zero-order chi connectivity index (χ0) is 15.9. The van der Waals surface area contributed by atoms with Gasteiger partial charge in [-0.3, -0.25) is 4.79 Å². The van der Waals surface area contributed by atoms with E-state index in [4.69, 9.17) is 0 Å². The van der Waals surface area contributed by atoms with Gasteiger partial charge in [0.25, 0.3) is 0 Å². The van der Waals surface area contributed by atoms with Gasteiger partial charge in [-0.05, 0) is 16.9 Å². The number of carbonyl (C=O) groups is 1. The SMILES string of the molecule is O=C(Cn1ccc([N+](=O)[O-])n1)NCCC(O)c1ccccc1. The largest absolute Gasteiger partial charge is 0.389 e. The van der Waals surface area contributed by atoms with Crippen molar-refractivity contribution in [2.45, 2.75) is 19.1 Å². The Hall–Kier alpha value is -2.74. The third kappa shape index (κ3) is 4.38. The van der Waals surface area contributed by atoms with Gasteiger partial charge in [0, 0.05) is 6.54 Å². The maximum Gasteiger partial charge on any atom is 0.389 e. The molecule has 0 saturated heterocycles. The Morgan fingerprint density at radius 3 is 2.73 bits per heavy atom. The van der Waals surface area contributed by atoms with Crippen LogP contribution < -0.4 is 5.32 Å². The minimum atomic E-state index is -0.646. The summed E-state index contributed by atoms with van der Waals surface area (Å²) in [6.45, 7) is 0.202. The summed E-state index contributed by atoms with van der Waals surface area (Å²) in [4.78, 5) is 21.5. The number of hydrogen-bond donors (Lipinski definition) is 2. The molecule has 116 valence electrons. The van der Waals surface area contributed by atoms with E-state index in [-0.39, 0.29) is 18.3 Å². The molecule has 0 radical (unpaired) electrons. The molecular weight excluding hydrogens is 288 g/mol. The molecule has 22 heavy (non-hydrogen) atoms. The van der Waals surface area contributed by atoms with Crippen molar-refractivity contribution in [3.05, 3.63) is 58.3 Å². The summed E-state index contributed by atoms with van der Waals surface area (Å²) < 4.78 is 1.20. The smallest absolute Gasteiger partial charge is 0.388 e. The molecule has 1 aromatic carbocycles. The van der Waals surface area contributed by atoms with Crippen LogP contribution in [0.1, 0.15) is 18.1 Å². The fraction of sp³-hybridized carbons (Fsp3) is 0.286. The molecule has 0 bridgehead atoms. The summed E-state index contributed by atoms with van der Waals surface area (Å²) in [5.74, 6) is -0.620. The van der Waals surface area contributed by atoms with E-state index in [9.17, 15) is 20.0 Å². The number of benzene rings is 1. The van der Waals surface area contributed by atoms with Gasteiger partial charge in [0.05, 0.1) is 23.5 Å². The number of nitro groups is 1. The molecule has 1 unspecified atom stereocenters. The van der Waals surface area contributed by atoms with Crippen LogP contribution in [-0.2, 0) is 11.3 Å². The van der Waals surface area contributed by atoms with Gasteiger partial charge in [-0.15, -0.1) is 0 Å². The predicted molar refractivity (Wildman–Crippen MR) is 77.9 cm³/mol. The molecule has 1 heterocycles. The quantitative estimate of drug-likeness (QED) is 0.586. The van der Waals surface area contributed by atoms with E-state index in [0.717, 1.165) is 5.56 Å². The van der Waals surface area contributed by atoms with Crippen molar-refractivity contribution < 1.29 is 14.8 Å². The minimum Gasteiger partial charge on any atom is -0.388 e. The van der Waals surface area contributed by atoms with Gasteiger partial charge >= 0.3 is 5.82 Å². The monoisotopic (exact) mass is 304 g/mol. The Morgan fingerprint density at radius 1 is 1.36 bits per heavy atom. The number of hydrogen-bond acceptors (Lipinski definition) is 5. The first-order valence-corrected chi connectivity index (χ1v) is 6.74. The highest BCUT2D eigenvalue weighted by molar-refractivity contribution is 5.75. The lowest BCUT2D eigenvalue weighted by atomic mass is 10.1. The van der Waals surface area contributed by atoms with Crippen LogP contribution >= 0.6 is 0 Å². The van der Waals surface area contributed by atoms with Crippen LogP contribution in [0.25, 0.3) is 0 Å². The van der Waals surface area contributed by atoms with Crippen LogP contribution in [0, 0.1) is 10.1 Å². The first-order chi connectivity index (χ1) is 10.6. The molecular formula is C14H16N4O4. The number of rotatable bonds is 7. The number of aliphatic hydroxyl groups is 1. The zero-order valence-electron chi connectivity index (χ0n) is 11.8. The Bertz CT molecular complexity index is 641. The molecule has 2 aromatic rings. The van der Waals surface area contributed by atoms with Gasteiger partial charge in [0.2, 0.25) is 5.91 Å². The van der Waals surface area contributed by atoms with E-state index in [2.05, 4.69) is 10.4 Å². The third-order valence-corrected chi connectivity index (χ3v) is 3.04. The highest BCUT2D eigenvalue weighted by Gasteiger charge is 2.13. The lowest BCUT2D eigenvalue weighted by Crippen LogP contribution is -2.29. The van der Waals surface area contributed by atoms with Crippen LogP contribution in [0.4, 0.5) is 5.82 Å². The number of aromatic nitrogens is 2. The van der Waals surface area contributed by atoms with Crippen molar-refractivity contribution in [3.63, 3.8) is 0 Å². The molecule has 0 aliphatic rings. The summed E-state index contributed by atoms with van der Waals surface area (Å²) in [5.41, 5.74) is 0.791. The Kier molecular flexibility index (Phi) is 5.21. The molecule has 1 aromatic heterocycles. The van der Waals surface area contributed by atoms with Crippen molar-refractivity contribution >= 4 is 11.7 Å². The minimum absolute atomic E-state index is 0.102. The molecule has 0 saturated carbocycles. The number of amides is 1. The van der Waals surface area contributed by atoms with Crippen molar-refractivity contribution in [1.29, 1.82) is 0 Å². The summed E-state index contributed by atoms with van der Waals surface area (Å²) in [6.07, 6.45) is 1.11. The van der Waals surface area contributed by atoms with Crippen molar-refractivity contribution in [3.8, 4) is 0 Å². The number of carbonyl (C=O) groups excluding carboxylic acids is 1. The van der Waals surface area contributed by atoms with E-state index in [0.29, 0.717) is 13.0 Å². The second-order valence-electron chi connectivity index (χ2n) is 4.69. The van der Waals surface area contributed by atoms with E-state index in [1.54, 1.807) is 0 Å². The molecule has 2 N–H and O–H groups in total. The Morgan fingerprint density at radius 2 is 2.09 bits per heavy atom. The number of nitrogens with zero attached hydrogens (tertiary/aromatic N) is 3. The standard InChI is InChI=1S/C14H16N4O4/c19-12(11-4-2-1-3-5-11)6-8-15-14(20)10-17-9-7-13(16-17)18(21)22/h1-5,7,9,12,19H,6,8,10H2,(H,15,20). The van der Waals surface area contributed by atoms with Crippen LogP contribution in [-0.4, -0.2) is 32.3 Å². The van der Waals surface area contributed by atoms with Crippen molar-refractivity contribution in [2.24, 2.45) is 0 Å². The molecule has 8 heteroatoms. The number of aliphatic hydroxyl groups excluding tert-OH is 1. The highest BCUT2D eigenvalue weighted by atomic mass is 16.6. The topological polar surface area (TPSA) is 110 Å². The summed E-state index contributed by atoms with van der Waals surface area (Å²) in [6, 6.07) is 10.4. The first-order valence-electron chi connectivity index (χ1n) is 6.74. The van der Waals surface area contributed by atoms with E-state index < -0.39 is 11.0 Å². The van der Waals surface area contributed by atoms with Crippen LogP contribution in [0.15, 0.2) is 42.6 Å². The number of nitrogens with one attached hydrogen (secondary N) is 1. The highest BCUT2D eigenvalue weighted by Crippen LogP contribution is 2.14. The fourth-order valence-corrected chi connectivity index (χ4v) is 1.93. The van der Waals surface area contributed by atoms with Crippen LogP contribution in [0.3, 0.4) is 0 Å². The molecule has 0 spiro atoms. The maximum atomic E-state index is 11.7. The summed E-state index contributed by atoms with van der Waals surface area (Å²) >= 11 is 0. The Balaban J connectivity index is 1.74. The Labute approximate surface area is 126 Å². The van der Waals surface area contributed by atoms with E-state index in [1.807, 2.05) is 30.3 Å². The summed E-state index contributed by atoms with van der Waals surface area (Å²) in [5, 5.41) is 26.7. The zero-order valence-corrected chi connectivity index (χ0v) is 11.8. The molecule has 2 rings (SSSR count). The van der Waals surface area contributed by atoms with Gasteiger partial charge in [-0.25, -0.2) is 0 Å². The fourth-order valence-electron chi connectivity index (χ4n) is 1.93. The third-order valence-electron chi connectivity index (χ3n) is 3.04. The van der Waals surface area contributed by atoms with Gasteiger partial charge in [0.15, 0.2) is 0 Å². The normalized spacial score (nSPS) is 11.9. The average Bonchev–Trinajstić information content (AvgIpc) is 2.96. The van der Waals surface area contributed by atoms with Gasteiger partial charge < -0.3 is 20.5 Å². The lowest BCUT2D eigenvalue weighted by Gasteiger charge is -2.11. The summed E-state index contributed by atoms with van der Waals surface area (Å²) in [7, 11) is 0. The molecule has 1 amide bonds. The van der Waals surface area contributed by atoms with Gasteiger partial charge in [-0.2, -0.15) is 4.68 Å².